The van der Waals surface area contributed by atoms with Gasteiger partial charge in [0.25, 0.3) is 0 Å². The molecule has 5 N–H and O–H groups in total. The fourth-order valence-corrected chi connectivity index (χ4v) is 1.81. The van der Waals surface area contributed by atoms with Crippen LogP contribution in [0.25, 0.3) is 0 Å². The zero-order valence-electron chi connectivity index (χ0n) is 10.0. The van der Waals surface area contributed by atoms with Crippen molar-refractivity contribution in [1.29, 1.82) is 0 Å². The van der Waals surface area contributed by atoms with E-state index >= 15 is 0 Å². The zero-order chi connectivity index (χ0) is 14.9. The average Bonchev–Trinajstić information content (AvgIpc) is 2.66. The second-order valence-electron chi connectivity index (χ2n) is 4.07. The van der Waals surface area contributed by atoms with Gasteiger partial charge in [-0.2, -0.15) is 0 Å². The third-order valence-corrected chi connectivity index (χ3v) is 2.81. The van der Waals surface area contributed by atoms with Crippen LogP contribution in [0, 0.1) is 10.1 Å². The summed E-state index contributed by atoms with van der Waals surface area (Å²) in [6.07, 6.45) is -4.97. The Morgan fingerprint density at radius 1 is 1.60 bits per heavy atom. The van der Waals surface area contributed by atoms with E-state index < -0.39 is 41.8 Å². The van der Waals surface area contributed by atoms with Gasteiger partial charge >= 0.3 is 5.69 Å². The highest BCUT2D eigenvalue weighted by molar-refractivity contribution is 5.67. The van der Waals surface area contributed by atoms with Crippen LogP contribution in [0.5, 0.6) is 0 Å². The lowest BCUT2D eigenvalue weighted by molar-refractivity contribution is -0.383. The fourth-order valence-electron chi connectivity index (χ4n) is 1.81. The quantitative estimate of drug-likeness (QED) is 0.394. The van der Waals surface area contributed by atoms with Gasteiger partial charge in [-0.1, -0.05) is 0 Å². The number of alkyl halides is 1. The molecule has 2 rings (SSSR count). The first-order valence-corrected chi connectivity index (χ1v) is 5.55. The minimum Gasteiger partial charge on any atom is -0.394 e. The number of aliphatic hydroxyl groups is 2. The highest BCUT2D eigenvalue weighted by atomic mass is 19.1. The summed E-state index contributed by atoms with van der Waals surface area (Å²) in [5.74, 6) is -0.687. The number of halogens is 1. The molecule has 1 aliphatic heterocycles. The van der Waals surface area contributed by atoms with E-state index in [0.717, 1.165) is 6.33 Å². The number of hydrogen-bond acceptors (Lipinski definition) is 9. The van der Waals surface area contributed by atoms with Crippen molar-refractivity contribution < 1.29 is 24.3 Å². The molecule has 0 aliphatic carbocycles. The molecule has 0 saturated carbocycles. The normalized spacial score (nSPS) is 29.4. The second-order valence-corrected chi connectivity index (χ2v) is 4.07. The first kappa shape index (κ1) is 14.3. The van der Waals surface area contributed by atoms with E-state index in [4.69, 9.17) is 15.6 Å². The van der Waals surface area contributed by atoms with E-state index in [9.17, 15) is 19.6 Å². The summed E-state index contributed by atoms with van der Waals surface area (Å²) in [4.78, 5) is 17.1. The van der Waals surface area contributed by atoms with Crippen LogP contribution < -0.4 is 11.1 Å². The number of aromatic nitrogens is 2. The van der Waals surface area contributed by atoms with E-state index in [1.807, 2.05) is 0 Å². The lowest BCUT2D eigenvalue weighted by Gasteiger charge is -2.16. The van der Waals surface area contributed by atoms with Crippen molar-refractivity contribution in [2.45, 2.75) is 24.6 Å². The van der Waals surface area contributed by atoms with Gasteiger partial charge in [0.05, 0.1) is 11.5 Å². The predicted octanol–water partition coefficient (Wildman–Crippen LogP) is -1.20. The number of nitrogen functional groups attached to an aromatic ring is 1. The fraction of sp³-hybridized carbons (Fsp3) is 0.556. The standard InChI is InChI=1S/C9H12FN5O5/c10-4-3(1-16)20-9(6(4)17)14-8-5(15(18)19)7(11)12-2-13-8/h2-4,6,9,16-17H,1H2,(H3,11,12,13,14)/t3-,4+,6-,9-/m1/s1. The zero-order valence-corrected chi connectivity index (χ0v) is 10.0. The largest absolute Gasteiger partial charge is 0.394 e. The summed E-state index contributed by atoms with van der Waals surface area (Å²) in [7, 11) is 0. The first-order valence-electron chi connectivity index (χ1n) is 5.55. The Hall–Kier alpha value is -2.11. The molecule has 1 aromatic rings. The van der Waals surface area contributed by atoms with Gasteiger partial charge in [-0.15, -0.1) is 0 Å². The van der Waals surface area contributed by atoms with Crippen molar-refractivity contribution >= 4 is 17.3 Å². The van der Waals surface area contributed by atoms with Gasteiger partial charge < -0.3 is 26.0 Å². The van der Waals surface area contributed by atoms with E-state index in [0.29, 0.717) is 0 Å². The van der Waals surface area contributed by atoms with E-state index in [1.165, 1.54) is 0 Å². The Kier molecular flexibility index (Phi) is 3.92. The third kappa shape index (κ3) is 2.45. The van der Waals surface area contributed by atoms with Crippen molar-refractivity contribution in [3.63, 3.8) is 0 Å². The van der Waals surface area contributed by atoms with Crippen LogP contribution in [0.4, 0.5) is 21.7 Å². The molecule has 4 atom stereocenters. The highest BCUT2D eigenvalue weighted by Crippen LogP contribution is 2.30. The van der Waals surface area contributed by atoms with Gasteiger partial charge in [0.1, 0.15) is 18.5 Å². The number of nitrogens with one attached hydrogen (secondary N) is 1. The van der Waals surface area contributed by atoms with Crippen LogP contribution in [0.1, 0.15) is 0 Å². The number of nitrogens with zero attached hydrogens (tertiary/aromatic N) is 3. The summed E-state index contributed by atoms with van der Waals surface area (Å²) >= 11 is 0. The Bertz CT molecular complexity index is 518. The molecule has 10 nitrogen and oxygen atoms in total. The van der Waals surface area contributed by atoms with Gasteiger partial charge in [-0.25, -0.2) is 14.4 Å². The van der Waals surface area contributed by atoms with Crippen molar-refractivity contribution in [2.75, 3.05) is 17.7 Å². The molecule has 110 valence electrons. The van der Waals surface area contributed by atoms with Crippen LogP contribution >= 0.6 is 0 Å². The van der Waals surface area contributed by atoms with Gasteiger partial charge in [0.2, 0.25) is 11.6 Å². The molecule has 1 saturated heterocycles. The lowest BCUT2D eigenvalue weighted by Crippen LogP contribution is -2.34. The Morgan fingerprint density at radius 3 is 2.85 bits per heavy atom. The van der Waals surface area contributed by atoms with Crippen molar-refractivity contribution in [3.8, 4) is 0 Å². The summed E-state index contributed by atoms with van der Waals surface area (Å²) in [5.41, 5.74) is 4.76. The molecule has 11 heteroatoms. The summed E-state index contributed by atoms with van der Waals surface area (Å²) < 4.78 is 18.5. The van der Waals surface area contributed by atoms with Gasteiger partial charge in [0, 0.05) is 0 Å². The second kappa shape index (κ2) is 5.48. The first-order chi connectivity index (χ1) is 9.45. The van der Waals surface area contributed by atoms with Crippen molar-refractivity contribution in [1.82, 2.24) is 9.97 Å². The summed E-state index contributed by atoms with van der Waals surface area (Å²) in [6, 6.07) is 0. The molecule has 0 radical (unpaired) electrons. The molecule has 1 aliphatic rings. The molecule has 0 unspecified atom stereocenters. The number of anilines is 2. The number of nitro groups is 1. The van der Waals surface area contributed by atoms with Crippen LogP contribution in [-0.2, 0) is 4.74 Å². The monoisotopic (exact) mass is 289 g/mol. The molecule has 1 fully saturated rings. The van der Waals surface area contributed by atoms with E-state index in [2.05, 4.69) is 15.3 Å². The molecule has 0 amide bonds. The smallest absolute Gasteiger partial charge is 0.353 e. The number of ether oxygens (including phenoxy) is 1. The maximum Gasteiger partial charge on any atom is 0.353 e. The maximum atomic E-state index is 13.5. The Morgan fingerprint density at radius 2 is 2.30 bits per heavy atom. The Labute approximate surface area is 111 Å². The molecule has 0 aromatic carbocycles. The third-order valence-electron chi connectivity index (χ3n) is 2.81. The number of rotatable bonds is 4. The molecule has 2 heterocycles. The number of hydrogen-bond donors (Lipinski definition) is 4. The maximum absolute atomic E-state index is 13.5. The van der Waals surface area contributed by atoms with Crippen molar-refractivity contribution in [3.05, 3.63) is 16.4 Å². The highest BCUT2D eigenvalue weighted by Gasteiger charge is 2.44. The number of aliphatic hydroxyl groups excluding tert-OH is 2. The average molecular weight is 289 g/mol. The van der Waals surface area contributed by atoms with E-state index in [1.54, 1.807) is 0 Å². The Balaban J connectivity index is 2.23. The minimum absolute atomic E-state index is 0.308. The topological polar surface area (TPSA) is 157 Å². The van der Waals surface area contributed by atoms with Crippen LogP contribution in [0.15, 0.2) is 6.33 Å². The molecule has 0 bridgehead atoms. The number of nitrogens with two attached hydrogens (primary N) is 1. The summed E-state index contributed by atoms with van der Waals surface area (Å²) in [5, 5.41) is 31.7. The van der Waals surface area contributed by atoms with Gasteiger partial charge in [-0.3, -0.25) is 10.1 Å². The van der Waals surface area contributed by atoms with Gasteiger partial charge in [-0.05, 0) is 0 Å². The lowest BCUT2D eigenvalue weighted by atomic mass is 10.1. The van der Waals surface area contributed by atoms with Crippen LogP contribution in [0.3, 0.4) is 0 Å². The van der Waals surface area contributed by atoms with Crippen LogP contribution in [0.2, 0.25) is 0 Å². The summed E-state index contributed by atoms with van der Waals surface area (Å²) in [6.45, 7) is -0.635. The van der Waals surface area contributed by atoms with Gasteiger partial charge in [0.15, 0.2) is 12.4 Å². The van der Waals surface area contributed by atoms with E-state index in [-0.39, 0.29) is 11.6 Å². The molecule has 0 spiro atoms. The molecular formula is C9H12FN5O5. The molecule has 20 heavy (non-hydrogen) atoms. The predicted molar refractivity (Wildman–Crippen MR) is 63.4 cm³/mol. The molecular weight excluding hydrogens is 277 g/mol. The van der Waals surface area contributed by atoms with Crippen LogP contribution in [-0.4, -0.2) is 56.3 Å². The SMILES string of the molecule is Nc1ncnc(N[C@@H]2O[C@H](CO)[C@H](F)[C@H]2O)c1[N+](=O)[O-]. The molecule has 1 aromatic heterocycles. The minimum atomic E-state index is -1.82. The van der Waals surface area contributed by atoms with Crippen molar-refractivity contribution in [2.24, 2.45) is 0 Å².